The average molecular weight is 287 g/mol. The second kappa shape index (κ2) is 4.97. The summed E-state index contributed by atoms with van der Waals surface area (Å²) in [7, 11) is 0. The van der Waals surface area contributed by atoms with Crippen molar-refractivity contribution in [3.8, 4) is 0 Å². The summed E-state index contributed by atoms with van der Waals surface area (Å²) in [6, 6.07) is 7.11. The van der Waals surface area contributed by atoms with Gasteiger partial charge in [-0.3, -0.25) is 14.2 Å². The van der Waals surface area contributed by atoms with Crippen molar-refractivity contribution in [2.24, 2.45) is 0 Å². The number of nitrogens with zero attached hydrogens (tertiary/aromatic N) is 5. The molecule has 0 bridgehead atoms. The molecule has 8 nitrogen and oxygen atoms in total. The number of carbonyl (C=O) groups is 1. The molecule has 0 amide bonds. The second-order valence-corrected chi connectivity index (χ2v) is 4.83. The maximum Gasteiger partial charge on any atom is 0.326 e. The maximum absolute atomic E-state index is 12.4. The summed E-state index contributed by atoms with van der Waals surface area (Å²) >= 11 is 0. The van der Waals surface area contributed by atoms with Crippen LogP contribution in [0.15, 0.2) is 29.1 Å². The molecule has 0 saturated carbocycles. The predicted molar refractivity (Wildman–Crippen MR) is 73.8 cm³/mol. The molecule has 0 aliphatic rings. The van der Waals surface area contributed by atoms with Crippen molar-refractivity contribution in [3.63, 3.8) is 0 Å². The van der Waals surface area contributed by atoms with Gasteiger partial charge in [-0.25, -0.2) is 0 Å². The Labute approximate surface area is 118 Å². The van der Waals surface area contributed by atoms with Crippen LogP contribution in [0.25, 0.3) is 16.7 Å². The molecule has 0 aliphatic carbocycles. The van der Waals surface area contributed by atoms with E-state index in [1.165, 1.54) is 9.08 Å². The van der Waals surface area contributed by atoms with Gasteiger partial charge in [-0.15, -0.1) is 5.10 Å². The number of fused-ring (bicyclic) bond motifs is 3. The van der Waals surface area contributed by atoms with Crippen molar-refractivity contribution < 1.29 is 9.53 Å². The third kappa shape index (κ3) is 2.24. The number of hydrogen-bond acceptors (Lipinski definition) is 6. The molecular weight excluding hydrogens is 274 g/mol. The third-order valence-electron chi connectivity index (χ3n) is 2.96. The van der Waals surface area contributed by atoms with Crippen LogP contribution in [-0.2, 0) is 16.1 Å². The minimum atomic E-state index is -0.478. The van der Waals surface area contributed by atoms with Crippen LogP contribution >= 0.6 is 0 Å². The number of ether oxygens (including phenoxy) is 1. The fourth-order valence-electron chi connectivity index (χ4n) is 2.17. The Balaban J connectivity index is 2.22. The molecule has 1 aromatic carbocycles. The molecule has 0 radical (unpaired) electrons. The fourth-order valence-corrected chi connectivity index (χ4v) is 2.17. The Bertz CT molecular complexity index is 880. The molecule has 21 heavy (non-hydrogen) atoms. The predicted octanol–water partition coefficient (Wildman–Crippen LogP) is 0.391. The second-order valence-electron chi connectivity index (χ2n) is 4.83. The maximum atomic E-state index is 12.4. The molecule has 0 aliphatic heterocycles. The number of carbonyl (C=O) groups excluding carboxylic acids is 1. The van der Waals surface area contributed by atoms with Crippen molar-refractivity contribution in [3.05, 3.63) is 34.6 Å². The molecule has 3 rings (SSSR count). The highest BCUT2D eigenvalue weighted by Gasteiger charge is 2.16. The van der Waals surface area contributed by atoms with Gasteiger partial charge in [-0.05, 0) is 36.4 Å². The molecule has 3 aromatic rings. The van der Waals surface area contributed by atoms with E-state index in [0.717, 1.165) is 0 Å². The lowest BCUT2D eigenvalue weighted by Gasteiger charge is -2.12. The molecule has 0 spiro atoms. The Morgan fingerprint density at radius 3 is 2.71 bits per heavy atom. The lowest BCUT2D eigenvalue weighted by atomic mass is 10.3. The Kier molecular flexibility index (Phi) is 3.13. The van der Waals surface area contributed by atoms with Crippen LogP contribution in [0.4, 0.5) is 0 Å². The van der Waals surface area contributed by atoms with Crippen molar-refractivity contribution in [1.82, 2.24) is 24.6 Å². The van der Waals surface area contributed by atoms with Gasteiger partial charge in [0.15, 0.2) is 0 Å². The van der Waals surface area contributed by atoms with Crippen molar-refractivity contribution in [2.45, 2.75) is 26.5 Å². The van der Waals surface area contributed by atoms with Gasteiger partial charge in [0.1, 0.15) is 6.54 Å². The number of para-hydroxylation sites is 2. The minimum Gasteiger partial charge on any atom is -0.462 e. The number of benzene rings is 1. The first-order valence-corrected chi connectivity index (χ1v) is 6.47. The van der Waals surface area contributed by atoms with Crippen LogP contribution < -0.4 is 5.56 Å². The number of rotatable bonds is 3. The highest BCUT2D eigenvalue weighted by molar-refractivity contribution is 5.79. The third-order valence-corrected chi connectivity index (χ3v) is 2.96. The van der Waals surface area contributed by atoms with E-state index in [9.17, 15) is 9.59 Å². The zero-order chi connectivity index (χ0) is 15.0. The zero-order valence-corrected chi connectivity index (χ0v) is 11.6. The molecule has 2 heterocycles. The van der Waals surface area contributed by atoms with Crippen molar-refractivity contribution in [2.75, 3.05) is 0 Å². The Hall–Kier alpha value is -2.77. The molecule has 0 unspecified atom stereocenters. The van der Waals surface area contributed by atoms with E-state index in [2.05, 4.69) is 15.5 Å². The Morgan fingerprint density at radius 2 is 2.00 bits per heavy atom. The van der Waals surface area contributed by atoms with Crippen LogP contribution in [0.3, 0.4) is 0 Å². The van der Waals surface area contributed by atoms with Gasteiger partial charge >= 0.3 is 5.97 Å². The largest absolute Gasteiger partial charge is 0.462 e. The van der Waals surface area contributed by atoms with Crippen molar-refractivity contribution in [1.29, 1.82) is 0 Å². The molecule has 0 N–H and O–H groups in total. The first kappa shape index (κ1) is 13.2. The molecule has 0 fully saturated rings. The van der Waals surface area contributed by atoms with Crippen LogP contribution in [0.5, 0.6) is 0 Å². The summed E-state index contributed by atoms with van der Waals surface area (Å²) in [5.41, 5.74) is 0.864. The van der Waals surface area contributed by atoms with Gasteiger partial charge in [-0.2, -0.15) is 4.52 Å². The fraction of sp³-hybridized carbons (Fsp3) is 0.308. The number of aromatic nitrogens is 5. The summed E-state index contributed by atoms with van der Waals surface area (Å²) in [4.78, 5) is 24.3. The first-order chi connectivity index (χ1) is 10.1. The van der Waals surface area contributed by atoms with Gasteiger partial charge in [0.05, 0.1) is 17.1 Å². The highest BCUT2D eigenvalue weighted by atomic mass is 16.5. The van der Waals surface area contributed by atoms with Crippen LogP contribution in [0.2, 0.25) is 0 Å². The van der Waals surface area contributed by atoms with E-state index in [0.29, 0.717) is 11.0 Å². The number of hydrogen-bond donors (Lipinski definition) is 0. The SMILES string of the molecule is CC(C)OC(=O)Cn1c(=O)c2nnnn2c2ccccc21. The lowest BCUT2D eigenvalue weighted by molar-refractivity contribution is -0.148. The summed E-state index contributed by atoms with van der Waals surface area (Å²) in [5.74, 6) is -0.478. The minimum absolute atomic E-state index is 0.0750. The monoisotopic (exact) mass is 287 g/mol. The van der Waals surface area contributed by atoms with Gasteiger partial charge in [0.25, 0.3) is 5.56 Å². The smallest absolute Gasteiger partial charge is 0.326 e. The van der Waals surface area contributed by atoms with E-state index in [1.807, 2.05) is 6.07 Å². The van der Waals surface area contributed by atoms with Crippen LogP contribution in [0, 0.1) is 0 Å². The quantitative estimate of drug-likeness (QED) is 0.647. The van der Waals surface area contributed by atoms with Gasteiger partial charge in [0, 0.05) is 0 Å². The van der Waals surface area contributed by atoms with E-state index in [1.54, 1.807) is 32.0 Å². The summed E-state index contributed by atoms with van der Waals surface area (Å²) in [6.45, 7) is 3.33. The van der Waals surface area contributed by atoms with Crippen LogP contribution in [0.1, 0.15) is 13.8 Å². The van der Waals surface area contributed by atoms with E-state index in [-0.39, 0.29) is 18.3 Å². The lowest BCUT2D eigenvalue weighted by Crippen LogP contribution is -2.28. The number of esters is 1. The summed E-state index contributed by atoms with van der Waals surface area (Å²) in [5, 5.41) is 11.0. The normalized spacial score (nSPS) is 11.4. The molecule has 0 saturated heterocycles. The van der Waals surface area contributed by atoms with Gasteiger partial charge in [-0.1, -0.05) is 12.1 Å². The Morgan fingerprint density at radius 1 is 1.29 bits per heavy atom. The standard InChI is InChI=1S/C13H13N5O3/c1-8(2)21-11(19)7-17-9-5-3-4-6-10(9)18-12(13(17)20)14-15-16-18/h3-6,8H,7H2,1-2H3. The van der Waals surface area contributed by atoms with Gasteiger partial charge < -0.3 is 4.74 Å². The molecule has 2 aromatic heterocycles. The van der Waals surface area contributed by atoms with Crippen LogP contribution in [-0.4, -0.2) is 36.7 Å². The van der Waals surface area contributed by atoms with E-state index >= 15 is 0 Å². The molecule has 108 valence electrons. The number of tetrazole rings is 1. The first-order valence-electron chi connectivity index (χ1n) is 6.47. The highest BCUT2D eigenvalue weighted by Crippen LogP contribution is 2.12. The molecule has 8 heteroatoms. The average Bonchev–Trinajstić information content (AvgIpc) is 2.92. The molecule has 0 atom stereocenters. The van der Waals surface area contributed by atoms with E-state index in [4.69, 9.17) is 4.74 Å². The molecular formula is C13H13N5O3. The topological polar surface area (TPSA) is 91.4 Å². The zero-order valence-electron chi connectivity index (χ0n) is 11.6. The van der Waals surface area contributed by atoms with E-state index < -0.39 is 11.5 Å². The van der Waals surface area contributed by atoms with Crippen molar-refractivity contribution >= 4 is 22.6 Å². The summed E-state index contributed by atoms with van der Waals surface area (Å²) < 4.78 is 7.78. The summed E-state index contributed by atoms with van der Waals surface area (Å²) in [6.07, 6.45) is -0.238. The van der Waals surface area contributed by atoms with Gasteiger partial charge in [0.2, 0.25) is 5.65 Å².